The van der Waals surface area contributed by atoms with Gasteiger partial charge in [0, 0.05) is 32.2 Å². The Morgan fingerprint density at radius 1 is 1.30 bits per heavy atom. The van der Waals surface area contributed by atoms with Gasteiger partial charge in [-0.05, 0) is 37.8 Å². The molecule has 8 nitrogen and oxygen atoms in total. The summed E-state index contributed by atoms with van der Waals surface area (Å²) in [5.41, 5.74) is 9.55. The van der Waals surface area contributed by atoms with Crippen LogP contribution in [0.15, 0.2) is 6.08 Å². The second-order valence-corrected chi connectivity index (χ2v) is 6.86. The number of aromatic nitrogens is 2. The summed E-state index contributed by atoms with van der Waals surface area (Å²) in [6.07, 6.45) is 8.32. The average Bonchev–Trinajstić information content (AvgIpc) is 3.02. The van der Waals surface area contributed by atoms with E-state index in [-0.39, 0.29) is 12.6 Å². The van der Waals surface area contributed by atoms with Crippen molar-refractivity contribution in [3.05, 3.63) is 23.2 Å². The lowest BCUT2D eigenvalue weighted by molar-refractivity contribution is -0.122. The number of likely N-dealkylation sites (tertiary alicyclic amines) is 1. The number of carbonyl (C=O) groups is 1. The largest absolute Gasteiger partial charge is 0.483 e. The standard InChI is InChI=1S/C18H28N4O2.CH2O2/c1-24-10-8-16-20-17-13(6-7-15(17)18(19)21-16)5-3-2-4-9-22-11-14(23)12-22;2-1-3/h6,14,23H,2-5,7-12H2,1H3,(H2,19,20,21);1H,(H,2,3). The summed E-state index contributed by atoms with van der Waals surface area (Å²) in [4.78, 5) is 19.8. The van der Waals surface area contributed by atoms with E-state index in [9.17, 15) is 5.11 Å². The molecular weight excluding hydrogens is 348 g/mol. The number of hydrogen-bond acceptors (Lipinski definition) is 7. The Balaban J connectivity index is 0.000000817. The molecule has 0 aromatic carbocycles. The van der Waals surface area contributed by atoms with Gasteiger partial charge in [0.1, 0.15) is 11.6 Å². The van der Waals surface area contributed by atoms with Crippen LogP contribution in [0.3, 0.4) is 0 Å². The van der Waals surface area contributed by atoms with Gasteiger partial charge >= 0.3 is 0 Å². The maximum Gasteiger partial charge on any atom is 0.290 e. The molecule has 1 aromatic heterocycles. The van der Waals surface area contributed by atoms with Crippen LogP contribution in [-0.2, 0) is 22.4 Å². The van der Waals surface area contributed by atoms with Crippen molar-refractivity contribution in [3.8, 4) is 0 Å². The molecule has 0 saturated carbocycles. The van der Waals surface area contributed by atoms with E-state index in [0.29, 0.717) is 18.8 Å². The number of anilines is 1. The minimum atomic E-state index is -0.250. The molecule has 1 aliphatic heterocycles. The summed E-state index contributed by atoms with van der Waals surface area (Å²) >= 11 is 0. The first-order chi connectivity index (χ1) is 13.1. The van der Waals surface area contributed by atoms with Crippen molar-refractivity contribution in [2.75, 3.05) is 39.1 Å². The lowest BCUT2D eigenvalue weighted by Gasteiger charge is -2.35. The third-order valence-corrected chi connectivity index (χ3v) is 4.83. The summed E-state index contributed by atoms with van der Waals surface area (Å²) in [7, 11) is 1.68. The Morgan fingerprint density at radius 2 is 2.04 bits per heavy atom. The second kappa shape index (κ2) is 11.0. The van der Waals surface area contributed by atoms with Gasteiger partial charge in [-0.2, -0.15) is 0 Å². The summed E-state index contributed by atoms with van der Waals surface area (Å²) in [6.45, 7) is 3.16. The summed E-state index contributed by atoms with van der Waals surface area (Å²) in [5, 5.41) is 16.2. The van der Waals surface area contributed by atoms with Gasteiger partial charge in [0.25, 0.3) is 6.47 Å². The first kappa shape index (κ1) is 21.3. The number of hydrogen-bond donors (Lipinski definition) is 3. The van der Waals surface area contributed by atoms with E-state index < -0.39 is 0 Å². The van der Waals surface area contributed by atoms with Crippen molar-refractivity contribution in [1.82, 2.24) is 14.9 Å². The van der Waals surface area contributed by atoms with Gasteiger partial charge < -0.3 is 20.7 Å². The van der Waals surface area contributed by atoms with E-state index in [2.05, 4.69) is 16.0 Å². The average molecular weight is 378 g/mol. The number of nitrogens with zero attached hydrogens (tertiary/aromatic N) is 3. The highest BCUT2D eigenvalue weighted by molar-refractivity contribution is 5.73. The summed E-state index contributed by atoms with van der Waals surface area (Å²) < 4.78 is 5.11. The zero-order valence-corrected chi connectivity index (χ0v) is 15.9. The molecule has 0 spiro atoms. The Morgan fingerprint density at radius 3 is 2.70 bits per heavy atom. The highest BCUT2D eigenvalue weighted by Crippen LogP contribution is 2.32. The number of ether oxygens (including phenoxy) is 1. The maximum absolute atomic E-state index is 9.28. The highest BCUT2D eigenvalue weighted by Gasteiger charge is 2.23. The Labute approximate surface area is 160 Å². The molecule has 1 aliphatic carbocycles. The topological polar surface area (TPSA) is 122 Å². The number of nitrogen functional groups attached to an aromatic ring is 1. The van der Waals surface area contributed by atoms with Gasteiger partial charge in [0.15, 0.2) is 0 Å². The van der Waals surface area contributed by atoms with E-state index >= 15 is 0 Å². The smallest absolute Gasteiger partial charge is 0.290 e. The minimum absolute atomic E-state index is 0.0948. The monoisotopic (exact) mass is 378 g/mol. The predicted molar refractivity (Wildman–Crippen MR) is 103 cm³/mol. The van der Waals surface area contributed by atoms with Crippen LogP contribution in [0.2, 0.25) is 0 Å². The number of nitrogens with two attached hydrogens (primary N) is 1. The number of β-amino-alcohol motifs (C(OH)–C–C–N with tert-alkyl or cyclic N) is 1. The molecule has 150 valence electrons. The molecule has 4 N–H and O–H groups in total. The molecule has 0 atom stereocenters. The Kier molecular flexibility index (Phi) is 8.63. The van der Waals surface area contributed by atoms with Crippen molar-refractivity contribution in [2.24, 2.45) is 0 Å². The zero-order chi connectivity index (χ0) is 19.6. The second-order valence-electron chi connectivity index (χ2n) is 6.86. The quantitative estimate of drug-likeness (QED) is 0.432. The van der Waals surface area contributed by atoms with Crippen LogP contribution in [0.25, 0.3) is 5.57 Å². The molecule has 1 aromatic rings. The van der Waals surface area contributed by atoms with Crippen molar-refractivity contribution < 1.29 is 19.7 Å². The molecule has 8 heteroatoms. The molecule has 1 saturated heterocycles. The first-order valence-corrected chi connectivity index (χ1v) is 9.40. The van der Waals surface area contributed by atoms with E-state index in [0.717, 1.165) is 49.6 Å². The molecule has 0 radical (unpaired) electrons. The number of unbranched alkanes of at least 4 members (excludes halogenated alkanes) is 2. The number of fused-ring (bicyclic) bond motifs is 1. The third kappa shape index (κ3) is 6.27. The molecular formula is C19H30N4O4. The van der Waals surface area contributed by atoms with E-state index in [1.54, 1.807) is 7.11 Å². The van der Waals surface area contributed by atoms with Gasteiger partial charge in [-0.1, -0.05) is 12.5 Å². The molecule has 0 unspecified atom stereocenters. The molecule has 3 rings (SSSR count). The van der Waals surface area contributed by atoms with Gasteiger partial charge in [-0.3, -0.25) is 9.69 Å². The SMILES string of the molecule is COCCc1nc(N)c2c(n1)C(CCCCCN1CC(O)C1)=CC2.O=CO. The third-order valence-electron chi connectivity index (χ3n) is 4.83. The fourth-order valence-corrected chi connectivity index (χ4v) is 3.42. The van der Waals surface area contributed by atoms with Gasteiger partial charge in [-0.25, -0.2) is 9.97 Å². The summed E-state index contributed by atoms with van der Waals surface area (Å²) in [5.74, 6) is 1.39. The number of methoxy groups -OCH3 is 1. The van der Waals surface area contributed by atoms with Crippen LogP contribution in [0, 0.1) is 0 Å². The van der Waals surface area contributed by atoms with E-state index in [1.165, 1.54) is 24.8 Å². The molecule has 0 amide bonds. The van der Waals surface area contributed by atoms with Gasteiger partial charge in [0.05, 0.1) is 18.4 Å². The molecule has 2 heterocycles. The predicted octanol–water partition coefficient (Wildman–Crippen LogP) is 1.12. The van der Waals surface area contributed by atoms with Gasteiger partial charge in [0.2, 0.25) is 0 Å². The number of allylic oxidation sites excluding steroid dienone is 2. The van der Waals surface area contributed by atoms with Crippen molar-refractivity contribution in [1.29, 1.82) is 0 Å². The van der Waals surface area contributed by atoms with Crippen LogP contribution in [-0.4, -0.2) is 71.0 Å². The van der Waals surface area contributed by atoms with Crippen LogP contribution in [0.5, 0.6) is 0 Å². The minimum Gasteiger partial charge on any atom is -0.483 e. The number of carboxylic acid groups (broad SMARTS) is 1. The maximum atomic E-state index is 9.28. The fraction of sp³-hybridized carbons (Fsp3) is 0.632. The molecule has 2 aliphatic rings. The van der Waals surface area contributed by atoms with Crippen LogP contribution in [0.4, 0.5) is 5.82 Å². The van der Waals surface area contributed by atoms with Crippen molar-refractivity contribution in [3.63, 3.8) is 0 Å². The van der Waals surface area contributed by atoms with Gasteiger partial charge in [-0.15, -0.1) is 0 Å². The first-order valence-electron chi connectivity index (χ1n) is 9.40. The highest BCUT2D eigenvalue weighted by atomic mass is 16.5. The van der Waals surface area contributed by atoms with Crippen LogP contribution in [0.1, 0.15) is 42.8 Å². The zero-order valence-electron chi connectivity index (χ0n) is 15.9. The number of aliphatic hydroxyl groups excluding tert-OH is 1. The van der Waals surface area contributed by atoms with Crippen LogP contribution >= 0.6 is 0 Å². The number of rotatable bonds is 9. The Bertz CT molecular complexity index is 645. The summed E-state index contributed by atoms with van der Waals surface area (Å²) in [6, 6.07) is 0. The molecule has 27 heavy (non-hydrogen) atoms. The molecule has 1 fully saturated rings. The lowest BCUT2D eigenvalue weighted by Crippen LogP contribution is -2.50. The van der Waals surface area contributed by atoms with Crippen molar-refractivity contribution in [2.45, 2.75) is 44.6 Å². The van der Waals surface area contributed by atoms with Crippen LogP contribution < -0.4 is 5.73 Å². The Hall–Kier alpha value is -2.03. The number of aliphatic hydroxyl groups is 1. The fourth-order valence-electron chi connectivity index (χ4n) is 3.42. The van der Waals surface area contributed by atoms with E-state index in [4.69, 9.17) is 25.4 Å². The lowest BCUT2D eigenvalue weighted by atomic mass is 10.0. The normalized spacial score (nSPS) is 16.1. The van der Waals surface area contributed by atoms with Crippen molar-refractivity contribution >= 4 is 17.9 Å². The molecule has 0 bridgehead atoms. The van der Waals surface area contributed by atoms with E-state index in [1.807, 2.05) is 0 Å².